The Hall–Kier alpha value is -2.05. The number of anilines is 2. The van der Waals surface area contributed by atoms with E-state index in [9.17, 15) is 4.79 Å². The van der Waals surface area contributed by atoms with Gasteiger partial charge in [-0.25, -0.2) is 9.78 Å². The maximum Gasteiger partial charge on any atom is 0.404 e. The summed E-state index contributed by atoms with van der Waals surface area (Å²) in [6.45, 7) is 0.542. The van der Waals surface area contributed by atoms with Crippen molar-refractivity contribution < 1.29 is 9.53 Å². The van der Waals surface area contributed by atoms with Gasteiger partial charge in [-0.3, -0.25) is 0 Å². The van der Waals surface area contributed by atoms with Crippen molar-refractivity contribution in [1.29, 1.82) is 0 Å². The molecular weight excluding hydrogens is 186 g/mol. The molecule has 1 aromatic rings. The van der Waals surface area contributed by atoms with E-state index in [1.807, 2.05) is 0 Å². The van der Waals surface area contributed by atoms with Gasteiger partial charge in [0.25, 0.3) is 0 Å². The van der Waals surface area contributed by atoms with Gasteiger partial charge in [0.1, 0.15) is 12.4 Å². The number of nitrogens with zero attached hydrogens (tertiary/aromatic N) is 2. The number of nitrogen functional groups attached to an aromatic ring is 1. The van der Waals surface area contributed by atoms with Crippen molar-refractivity contribution in [2.24, 2.45) is 5.73 Å². The van der Waals surface area contributed by atoms with Gasteiger partial charge in [-0.2, -0.15) is 4.98 Å². The molecule has 14 heavy (non-hydrogen) atoms. The number of aromatic nitrogens is 2. The first kappa shape index (κ1) is 10.0. The summed E-state index contributed by atoms with van der Waals surface area (Å²) in [5, 5.41) is 2.81. The summed E-state index contributed by atoms with van der Waals surface area (Å²) < 4.78 is 4.48. The molecule has 0 atom stereocenters. The molecule has 1 heterocycles. The molecule has 0 bridgehead atoms. The van der Waals surface area contributed by atoms with Crippen LogP contribution in [0.4, 0.5) is 16.6 Å². The SMILES string of the molecule is NC(=O)OCCNc1nccc(N)n1. The monoisotopic (exact) mass is 197 g/mol. The topological polar surface area (TPSA) is 116 Å². The van der Waals surface area contributed by atoms with Gasteiger partial charge in [-0.05, 0) is 6.07 Å². The molecule has 0 aliphatic carbocycles. The molecule has 7 nitrogen and oxygen atoms in total. The second-order valence-corrected chi connectivity index (χ2v) is 2.40. The largest absolute Gasteiger partial charge is 0.448 e. The molecular formula is C7H11N5O2. The van der Waals surface area contributed by atoms with Crippen molar-refractivity contribution in [2.75, 3.05) is 24.2 Å². The van der Waals surface area contributed by atoms with Crippen LogP contribution in [0, 0.1) is 0 Å². The van der Waals surface area contributed by atoms with Crippen molar-refractivity contribution in [1.82, 2.24) is 9.97 Å². The zero-order chi connectivity index (χ0) is 10.4. The van der Waals surface area contributed by atoms with Crippen LogP contribution in [0.2, 0.25) is 0 Å². The number of nitrogens with one attached hydrogen (secondary N) is 1. The Kier molecular flexibility index (Phi) is 3.48. The Morgan fingerprint density at radius 3 is 3.07 bits per heavy atom. The summed E-state index contributed by atoms with van der Waals surface area (Å²) in [6.07, 6.45) is 0.722. The summed E-state index contributed by atoms with van der Waals surface area (Å²) in [6, 6.07) is 1.57. The van der Waals surface area contributed by atoms with Crippen LogP contribution >= 0.6 is 0 Å². The molecule has 0 saturated heterocycles. The second kappa shape index (κ2) is 4.85. The van der Waals surface area contributed by atoms with Gasteiger partial charge < -0.3 is 21.5 Å². The van der Waals surface area contributed by atoms with Gasteiger partial charge in [0, 0.05) is 6.20 Å². The molecule has 0 unspecified atom stereocenters. The van der Waals surface area contributed by atoms with Crippen LogP contribution in [0.1, 0.15) is 0 Å². The van der Waals surface area contributed by atoms with E-state index in [0.29, 0.717) is 18.3 Å². The molecule has 5 N–H and O–H groups in total. The number of primary amides is 1. The molecule has 7 heteroatoms. The first-order valence-electron chi connectivity index (χ1n) is 3.93. The predicted octanol–water partition coefficient (Wildman–Crippen LogP) is -0.434. The molecule has 0 saturated carbocycles. The van der Waals surface area contributed by atoms with Gasteiger partial charge in [0.05, 0.1) is 6.54 Å². The van der Waals surface area contributed by atoms with Crippen molar-refractivity contribution >= 4 is 17.9 Å². The average molecular weight is 197 g/mol. The van der Waals surface area contributed by atoms with Crippen LogP contribution < -0.4 is 16.8 Å². The highest BCUT2D eigenvalue weighted by atomic mass is 16.5. The molecule has 0 spiro atoms. The van der Waals surface area contributed by atoms with Crippen molar-refractivity contribution in [2.45, 2.75) is 0 Å². The lowest BCUT2D eigenvalue weighted by Crippen LogP contribution is -2.19. The third-order valence-electron chi connectivity index (χ3n) is 1.31. The quantitative estimate of drug-likeness (QED) is 0.564. The Bertz CT molecular complexity index is 317. The standard InChI is InChI=1S/C7H11N5O2/c8-5-1-2-10-7(12-5)11-3-4-14-6(9)13/h1-2H,3-4H2,(H2,9,13)(H3,8,10,11,12). The molecule has 0 aromatic carbocycles. The number of ether oxygens (including phenoxy) is 1. The van der Waals surface area contributed by atoms with E-state index in [2.05, 4.69) is 20.0 Å². The molecule has 0 radical (unpaired) electrons. The molecule has 76 valence electrons. The highest BCUT2D eigenvalue weighted by molar-refractivity contribution is 5.64. The predicted molar refractivity (Wildman–Crippen MR) is 50.5 cm³/mol. The fourth-order valence-corrected chi connectivity index (χ4v) is 0.772. The first-order valence-corrected chi connectivity index (χ1v) is 3.93. The fourth-order valence-electron chi connectivity index (χ4n) is 0.772. The second-order valence-electron chi connectivity index (χ2n) is 2.40. The Balaban J connectivity index is 2.28. The lowest BCUT2D eigenvalue weighted by molar-refractivity contribution is 0.161. The minimum atomic E-state index is -0.805. The maximum absolute atomic E-state index is 10.2. The van der Waals surface area contributed by atoms with E-state index in [1.165, 1.54) is 6.20 Å². The smallest absolute Gasteiger partial charge is 0.404 e. The van der Waals surface area contributed by atoms with Crippen LogP contribution in [0.25, 0.3) is 0 Å². The van der Waals surface area contributed by atoms with E-state index < -0.39 is 6.09 Å². The summed E-state index contributed by atoms with van der Waals surface area (Å²) in [5.41, 5.74) is 10.2. The number of nitrogens with two attached hydrogens (primary N) is 2. The molecule has 1 amide bonds. The van der Waals surface area contributed by atoms with E-state index >= 15 is 0 Å². The number of carbonyl (C=O) groups excluding carboxylic acids is 1. The van der Waals surface area contributed by atoms with E-state index in [1.54, 1.807) is 6.07 Å². The Morgan fingerprint density at radius 1 is 1.64 bits per heavy atom. The molecule has 1 rings (SSSR count). The average Bonchev–Trinajstić information content (AvgIpc) is 2.12. The summed E-state index contributed by atoms with van der Waals surface area (Å²) in [5.74, 6) is 0.761. The van der Waals surface area contributed by atoms with Crippen LogP contribution in [0.5, 0.6) is 0 Å². The number of hydrogen-bond donors (Lipinski definition) is 3. The van der Waals surface area contributed by atoms with Crippen LogP contribution in [-0.2, 0) is 4.74 Å². The van der Waals surface area contributed by atoms with Crippen LogP contribution in [0.15, 0.2) is 12.3 Å². The molecule has 0 aliphatic rings. The summed E-state index contributed by atoms with van der Waals surface area (Å²) >= 11 is 0. The zero-order valence-electron chi connectivity index (χ0n) is 7.43. The third kappa shape index (κ3) is 3.57. The summed E-state index contributed by atoms with van der Waals surface area (Å²) in [4.78, 5) is 17.9. The van der Waals surface area contributed by atoms with Gasteiger partial charge in [-0.15, -0.1) is 0 Å². The Labute approximate surface area is 80.5 Å². The van der Waals surface area contributed by atoms with E-state index in [0.717, 1.165) is 0 Å². The molecule has 1 aromatic heterocycles. The van der Waals surface area contributed by atoms with Gasteiger partial charge in [0.15, 0.2) is 0 Å². The highest BCUT2D eigenvalue weighted by Gasteiger charge is 1.96. The fraction of sp³-hybridized carbons (Fsp3) is 0.286. The lowest BCUT2D eigenvalue weighted by atomic mass is 10.6. The van der Waals surface area contributed by atoms with Gasteiger partial charge in [-0.1, -0.05) is 0 Å². The highest BCUT2D eigenvalue weighted by Crippen LogP contribution is 1.99. The van der Waals surface area contributed by atoms with Crippen LogP contribution in [0.3, 0.4) is 0 Å². The number of rotatable bonds is 4. The van der Waals surface area contributed by atoms with E-state index in [4.69, 9.17) is 11.5 Å². The van der Waals surface area contributed by atoms with Crippen molar-refractivity contribution in [3.05, 3.63) is 12.3 Å². The third-order valence-corrected chi connectivity index (χ3v) is 1.31. The number of hydrogen-bond acceptors (Lipinski definition) is 6. The summed E-state index contributed by atoms with van der Waals surface area (Å²) in [7, 11) is 0. The lowest BCUT2D eigenvalue weighted by Gasteiger charge is -2.04. The molecule has 0 aliphatic heterocycles. The Morgan fingerprint density at radius 2 is 2.43 bits per heavy atom. The van der Waals surface area contributed by atoms with Crippen molar-refractivity contribution in [3.63, 3.8) is 0 Å². The number of amides is 1. The normalized spacial score (nSPS) is 9.43. The number of carbonyl (C=O) groups is 1. The van der Waals surface area contributed by atoms with E-state index in [-0.39, 0.29) is 6.61 Å². The van der Waals surface area contributed by atoms with Gasteiger partial charge in [0.2, 0.25) is 5.95 Å². The first-order chi connectivity index (χ1) is 6.68. The zero-order valence-corrected chi connectivity index (χ0v) is 7.43. The molecule has 0 fully saturated rings. The minimum absolute atomic E-state index is 0.160. The van der Waals surface area contributed by atoms with Crippen LogP contribution in [-0.4, -0.2) is 29.2 Å². The van der Waals surface area contributed by atoms with Gasteiger partial charge >= 0.3 is 6.09 Å². The maximum atomic E-state index is 10.2. The van der Waals surface area contributed by atoms with Crippen molar-refractivity contribution in [3.8, 4) is 0 Å². The minimum Gasteiger partial charge on any atom is -0.448 e.